The van der Waals surface area contributed by atoms with Gasteiger partial charge in [0, 0.05) is 19.3 Å². The van der Waals surface area contributed by atoms with Crippen molar-refractivity contribution in [2.45, 2.75) is 26.4 Å². The Morgan fingerprint density at radius 1 is 1.18 bits per heavy atom. The van der Waals surface area contributed by atoms with Gasteiger partial charge in [0.1, 0.15) is 18.0 Å². The Kier molecular flexibility index (Phi) is 4.37. The van der Waals surface area contributed by atoms with Crippen molar-refractivity contribution in [3.8, 4) is 0 Å². The molecule has 4 heteroatoms. The van der Waals surface area contributed by atoms with E-state index in [2.05, 4.69) is 9.88 Å². The topological polar surface area (TPSA) is 42.4 Å². The molecule has 0 radical (unpaired) electrons. The van der Waals surface area contributed by atoms with Crippen molar-refractivity contribution in [3.05, 3.63) is 59.3 Å². The van der Waals surface area contributed by atoms with E-state index in [1.807, 2.05) is 31.2 Å². The van der Waals surface area contributed by atoms with Gasteiger partial charge in [0.05, 0.1) is 0 Å². The molecule has 1 aromatic carbocycles. The summed E-state index contributed by atoms with van der Waals surface area (Å²) >= 11 is 0. The summed E-state index contributed by atoms with van der Waals surface area (Å²) in [4.78, 5) is 19.0. The average Bonchev–Trinajstić information content (AvgIpc) is 3.08. The highest BCUT2D eigenvalue weighted by Gasteiger charge is 2.21. The van der Waals surface area contributed by atoms with Gasteiger partial charge < -0.3 is 9.64 Å². The van der Waals surface area contributed by atoms with Crippen molar-refractivity contribution in [2.24, 2.45) is 0 Å². The van der Waals surface area contributed by atoms with E-state index in [0.717, 1.165) is 42.9 Å². The molecule has 3 rings (SSSR count). The lowest BCUT2D eigenvalue weighted by molar-refractivity contribution is 0.0472. The molecule has 114 valence electrons. The number of hydrogen-bond acceptors (Lipinski definition) is 4. The molecule has 22 heavy (non-hydrogen) atoms. The summed E-state index contributed by atoms with van der Waals surface area (Å²) in [6.07, 6.45) is 4.02. The van der Waals surface area contributed by atoms with Crippen molar-refractivity contribution < 1.29 is 9.53 Å². The number of pyridine rings is 1. The van der Waals surface area contributed by atoms with Gasteiger partial charge in [0.15, 0.2) is 0 Å². The number of ether oxygens (including phenoxy) is 1. The summed E-state index contributed by atoms with van der Waals surface area (Å²) in [5.41, 5.74) is 2.71. The first-order valence-electron chi connectivity index (χ1n) is 7.67. The van der Waals surface area contributed by atoms with Crippen LogP contribution in [-0.4, -0.2) is 24.0 Å². The van der Waals surface area contributed by atoms with Crippen molar-refractivity contribution in [1.82, 2.24) is 4.98 Å². The van der Waals surface area contributed by atoms with Gasteiger partial charge in [-0.1, -0.05) is 24.3 Å². The van der Waals surface area contributed by atoms with Crippen LogP contribution < -0.4 is 4.90 Å². The monoisotopic (exact) mass is 296 g/mol. The largest absolute Gasteiger partial charge is 0.457 e. The second-order valence-corrected chi connectivity index (χ2v) is 5.57. The summed E-state index contributed by atoms with van der Waals surface area (Å²) < 4.78 is 5.49. The maximum absolute atomic E-state index is 12.4. The van der Waals surface area contributed by atoms with Gasteiger partial charge in [-0.2, -0.15) is 0 Å². The third-order valence-corrected chi connectivity index (χ3v) is 4.03. The van der Waals surface area contributed by atoms with Crippen molar-refractivity contribution in [1.29, 1.82) is 0 Å². The Hall–Kier alpha value is -2.36. The van der Waals surface area contributed by atoms with Gasteiger partial charge in [0.2, 0.25) is 0 Å². The lowest BCUT2D eigenvalue weighted by atomic mass is 10.1. The van der Waals surface area contributed by atoms with Crippen LogP contribution in [-0.2, 0) is 11.3 Å². The van der Waals surface area contributed by atoms with E-state index in [0.29, 0.717) is 12.2 Å². The quantitative estimate of drug-likeness (QED) is 0.812. The van der Waals surface area contributed by atoms with Crippen LogP contribution in [0.25, 0.3) is 0 Å². The molecule has 4 nitrogen and oxygen atoms in total. The average molecular weight is 296 g/mol. The van der Waals surface area contributed by atoms with Crippen molar-refractivity contribution in [2.75, 3.05) is 18.0 Å². The predicted molar refractivity (Wildman–Crippen MR) is 86.0 cm³/mol. The summed E-state index contributed by atoms with van der Waals surface area (Å²) in [7, 11) is 0. The number of hydrogen-bond donors (Lipinski definition) is 0. The Morgan fingerprint density at radius 3 is 2.73 bits per heavy atom. The third-order valence-electron chi connectivity index (χ3n) is 4.03. The highest BCUT2D eigenvalue weighted by atomic mass is 16.5. The SMILES string of the molecule is Cc1ccccc1COC(=O)c1cccnc1N1CCCC1. The van der Waals surface area contributed by atoms with E-state index < -0.39 is 0 Å². The molecule has 0 saturated carbocycles. The summed E-state index contributed by atoms with van der Waals surface area (Å²) in [6.45, 7) is 4.22. The molecular weight excluding hydrogens is 276 g/mol. The molecule has 0 bridgehead atoms. The Bertz CT molecular complexity index is 664. The fourth-order valence-corrected chi connectivity index (χ4v) is 2.73. The molecule has 2 heterocycles. The van der Waals surface area contributed by atoms with E-state index >= 15 is 0 Å². The Balaban J connectivity index is 1.74. The van der Waals surface area contributed by atoms with Gasteiger partial charge in [0.25, 0.3) is 0 Å². The van der Waals surface area contributed by atoms with E-state index in [1.165, 1.54) is 0 Å². The minimum Gasteiger partial charge on any atom is -0.457 e. The number of aryl methyl sites for hydroxylation is 1. The van der Waals surface area contributed by atoms with Gasteiger partial charge in [-0.05, 0) is 43.0 Å². The van der Waals surface area contributed by atoms with Crippen molar-refractivity contribution >= 4 is 11.8 Å². The van der Waals surface area contributed by atoms with Gasteiger partial charge in [-0.25, -0.2) is 9.78 Å². The molecule has 1 aliphatic rings. The van der Waals surface area contributed by atoms with Crippen LogP contribution in [0, 0.1) is 6.92 Å². The van der Waals surface area contributed by atoms with E-state index in [-0.39, 0.29) is 5.97 Å². The first-order valence-corrected chi connectivity index (χ1v) is 7.67. The number of aromatic nitrogens is 1. The summed E-state index contributed by atoms with van der Waals surface area (Å²) in [5, 5.41) is 0. The molecule has 1 saturated heterocycles. The fourth-order valence-electron chi connectivity index (χ4n) is 2.73. The van der Waals surface area contributed by atoms with Crippen LogP contribution in [0.4, 0.5) is 5.82 Å². The van der Waals surface area contributed by atoms with Crippen LogP contribution in [0.2, 0.25) is 0 Å². The second-order valence-electron chi connectivity index (χ2n) is 5.57. The zero-order chi connectivity index (χ0) is 15.4. The van der Waals surface area contributed by atoms with Crippen molar-refractivity contribution in [3.63, 3.8) is 0 Å². The van der Waals surface area contributed by atoms with Crippen LogP contribution in [0.15, 0.2) is 42.6 Å². The van der Waals surface area contributed by atoms with Crippen LogP contribution in [0.5, 0.6) is 0 Å². The number of anilines is 1. The molecule has 0 atom stereocenters. The minimum atomic E-state index is -0.307. The second kappa shape index (κ2) is 6.60. The molecule has 1 aliphatic heterocycles. The zero-order valence-electron chi connectivity index (χ0n) is 12.8. The lowest BCUT2D eigenvalue weighted by Gasteiger charge is -2.19. The van der Waals surface area contributed by atoms with E-state index in [9.17, 15) is 4.79 Å². The normalized spacial score (nSPS) is 14.1. The number of carbonyl (C=O) groups is 1. The van der Waals surface area contributed by atoms with E-state index in [1.54, 1.807) is 18.3 Å². The molecule has 2 aromatic rings. The van der Waals surface area contributed by atoms with Crippen LogP contribution in [0.3, 0.4) is 0 Å². The smallest absolute Gasteiger partial charge is 0.342 e. The number of rotatable bonds is 4. The predicted octanol–water partition coefficient (Wildman–Crippen LogP) is 3.35. The lowest BCUT2D eigenvalue weighted by Crippen LogP contribution is -2.22. The minimum absolute atomic E-state index is 0.292. The molecule has 0 aliphatic carbocycles. The molecule has 0 amide bonds. The molecule has 1 aromatic heterocycles. The van der Waals surface area contributed by atoms with Gasteiger partial charge in [-0.3, -0.25) is 0 Å². The Labute approximate surface area is 130 Å². The highest BCUT2D eigenvalue weighted by Crippen LogP contribution is 2.23. The molecule has 0 spiro atoms. The highest BCUT2D eigenvalue weighted by molar-refractivity contribution is 5.94. The maximum Gasteiger partial charge on any atom is 0.342 e. The first-order chi connectivity index (χ1) is 10.8. The molecular formula is C18H20N2O2. The fraction of sp³-hybridized carbons (Fsp3) is 0.333. The molecule has 0 unspecified atom stereocenters. The Morgan fingerprint density at radius 2 is 1.95 bits per heavy atom. The van der Waals surface area contributed by atoms with Gasteiger partial charge in [-0.15, -0.1) is 0 Å². The van der Waals surface area contributed by atoms with Crippen LogP contribution in [0.1, 0.15) is 34.3 Å². The number of esters is 1. The number of nitrogens with zero attached hydrogens (tertiary/aromatic N) is 2. The first kappa shape index (κ1) is 14.6. The number of benzene rings is 1. The van der Waals surface area contributed by atoms with Gasteiger partial charge >= 0.3 is 5.97 Å². The molecule has 1 fully saturated rings. The summed E-state index contributed by atoms with van der Waals surface area (Å²) in [5.74, 6) is 0.438. The molecule has 0 N–H and O–H groups in total. The third kappa shape index (κ3) is 3.11. The van der Waals surface area contributed by atoms with E-state index in [4.69, 9.17) is 4.74 Å². The standard InChI is InChI=1S/C18H20N2O2/c1-14-7-2-3-8-15(14)13-22-18(21)16-9-6-10-19-17(16)20-11-4-5-12-20/h2-3,6-10H,4-5,11-13H2,1H3. The zero-order valence-corrected chi connectivity index (χ0v) is 12.8. The summed E-state index contributed by atoms with van der Waals surface area (Å²) in [6, 6.07) is 11.5. The number of carbonyl (C=O) groups excluding carboxylic acids is 1. The maximum atomic E-state index is 12.4. The van der Waals surface area contributed by atoms with Crippen LogP contribution >= 0.6 is 0 Å².